The molecular formula is C17H17N3O. The maximum Gasteiger partial charge on any atom is 0.219 e. The first-order valence-electron chi connectivity index (χ1n) is 6.90. The Kier molecular flexibility index (Phi) is 3.79. The Bertz CT molecular complexity index is 771. The van der Waals surface area contributed by atoms with Crippen LogP contribution in [0.25, 0.3) is 10.9 Å². The smallest absolute Gasteiger partial charge is 0.219 e. The normalized spacial score (nSPS) is 10.8. The highest BCUT2D eigenvalue weighted by atomic mass is 16.5. The fraction of sp³-hybridized carbons (Fsp3) is 0.176. The van der Waals surface area contributed by atoms with Gasteiger partial charge in [0.2, 0.25) is 5.88 Å². The fourth-order valence-electron chi connectivity index (χ4n) is 2.23. The van der Waals surface area contributed by atoms with Gasteiger partial charge in [0, 0.05) is 29.9 Å². The summed E-state index contributed by atoms with van der Waals surface area (Å²) >= 11 is 0. The molecule has 0 aliphatic heterocycles. The molecule has 0 fully saturated rings. The number of hydrogen-bond acceptors (Lipinski definition) is 4. The highest BCUT2D eigenvalue weighted by molar-refractivity contribution is 5.84. The number of fused-ring (bicyclic) bond motifs is 1. The van der Waals surface area contributed by atoms with E-state index in [1.165, 1.54) is 0 Å². The van der Waals surface area contributed by atoms with Gasteiger partial charge in [-0.15, -0.1) is 0 Å². The number of benzene rings is 1. The van der Waals surface area contributed by atoms with Crippen LogP contribution in [0.2, 0.25) is 0 Å². The van der Waals surface area contributed by atoms with E-state index in [1.54, 1.807) is 6.20 Å². The molecule has 3 rings (SSSR count). The van der Waals surface area contributed by atoms with E-state index in [2.05, 4.69) is 21.4 Å². The van der Waals surface area contributed by atoms with Gasteiger partial charge in [0.05, 0.1) is 0 Å². The zero-order valence-electron chi connectivity index (χ0n) is 12.1. The van der Waals surface area contributed by atoms with Crippen LogP contribution in [-0.2, 0) is 6.54 Å². The van der Waals surface area contributed by atoms with E-state index in [4.69, 9.17) is 4.74 Å². The fourth-order valence-corrected chi connectivity index (χ4v) is 2.23. The van der Waals surface area contributed by atoms with Crippen molar-refractivity contribution in [3.63, 3.8) is 0 Å². The van der Waals surface area contributed by atoms with Gasteiger partial charge < -0.3 is 10.1 Å². The van der Waals surface area contributed by atoms with Crippen LogP contribution in [0.4, 0.5) is 0 Å². The summed E-state index contributed by atoms with van der Waals surface area (Å²) in [6.07, 6.45) is 1.76. The standard InChI is InChI=1S/C17H17N3O/c1-12-6-7-14-4-3-5-15(17(14)20-12)21-16-10-13(11-18-2)8-9-19-16/h3-10,18H,11H2,1-2H3. The lowest BCUT2D eigenvalue weighted by atomic mass is 10.2. The molecule has 0 atom stereocenters. The lowest BCUT2D eigenvalue weighted by Gasteiger charge is -2.09. The SMILES string of the molecule is CNCc1ccnc(Oc2cccc3ccc(C)nc23)c1. The first-order chi connectivity index (χ1) is 10.3. The molecule has 3 aromatic rings. The van der Waals surface area contributed by atoms with Crippen molar-refractivity contribution in [2.45, 2.75) is 13.5 Å². The van der Waals surface area contributed by atoms with Crippen molar-refractivity contribution in [3.05, 3.63) is 59.9 Å². The number of pyridine rings is 2. The number of nitrogens with one attached hydrogen (secondary N) is 1. The monoisotopic (exact) mass is 279 g/mol. The summed E-state index contributed by atoms with van der Waals surface area (Å²) in [5.41, 5.74) is 2.96. The van der Waals surface area contributed by atoms with Crippen LogP contribution in [0.5, 0.6) is 11.6 Å². The zero-order valence-corrected chi connectivity index (χ0v) is 12.1. The third kappa shape index (κ3) is 3.01. The van der Waals surface area contributed by atoms with Gasteiger partial charge in [0.25, 0.3) is 0 Å². The number of rotatable bonds is 4. The second kappa shape index (κ2) is 5.89. The van der Waals surface area contributed by atoms with Gasteiger partial charge >= 0.3 is 0 Å². The van der Waals surface area contributed by atoms with E-state index < -0.39 is 0 Å². The molecule has 0 aliphatic carbocycles. The van der Waals surface area contributed by atoms with Crippen LogP contribution in [0.3, 0.4) is 0 Å². The molecule has 0 aliphatic rings. The molecule has 4 nitrogen and oxygen atoms in total. The number of hydrogen-bond donors (Lipinski definition) is 1. The summed E-state index contributed by atoms with van der Waals surface area (Å²) in [5, 5.41) is 4.18. The van der Waals surface area contributed by atoms with E-state index in [1.807, 2.05) is 50.4 Å². The average Bonchev–Trinajstić information content (AvgIpc) is 2.49. The molecule has 4 heteroatoms. The molecule has 2 aromatic heterocycles. The van der Waals surface area contributed by atoms with Gasteiger partial charge in [-0.2, -0.15) is 0 Å². The Morgan fingerprint density at radius 1 is 1.14 bits per heavy atom. The summed E-state index contributed by atoms with van der Waals surface area (Å²) in [5.74, 6) is 1.31. The number of nitrogens with zero attached hydrogens (tertiary/aromatic N) is 2. The molecular weight excluding hydrogens is 262 g/mol. The minimum Gasteiger partial charge on any atom is -0.437 e. The van der Waals surface area contributed by atoms with Crippen molar-refractivity contribution in [1.29, 1.82) is 0 Å². The molecule has 1 N–H and O–H groups in total. The Hall–Kier alpha value is -2.46. The largest absolute Gasteiger partial charge is 0.437 e. The first-order valence-corrected chi connectivity index (χ1v) is 6.90. The molecule has 0 saturated carbocycles. The summed E-state index contributed by atoms with van der Waals surface area (Å²) in [4.78, 5) is 8.83. The second-order valence-electron chi connectivity index (χ2n) is 4.92. The Balaban J connectivity index is 1.98. The maximum atomic E-state index is 5.93. The zero-order chi connectivity index (χ0) is 14.7. The van der Waals surface area contributed by atoms with Crippen LogP contribution in [0, 0.1) is 6.92 Å². The minimum atomic E-state index is 0.582. The molecule has 0 saturated heterocycles. The summed E-state index contributed by atoms with van der Waals surface area (Å²) in [7, 11) is 1.92. The number of aromatic nitrogens is 2. The number of ether oxygens (including phenoxy) is 1. The molecule has 0 bridgehead atoms. The molecule has 106 valence electrons. The van der Waals surface area contributed by atoms with E-state index >= 15 is 0 Å². The third-order valence-corrected chi connectivity index (χ3v) is 3.22. The molecule has 2 heterocycles. The van der Waals surface area contributed by atoms with Crippen LogP contribution < -0.4 is 10.1 Å². The quantitative estimate of drug-likeness (QED) is 0.794. The topological polar surface area (TPSA) is 47.0 Å². The van der Waals surface area contributed by atoms with Crippen molar-refractivity contribution >= 4 is 10.9 Å². The summed E-state index contributed by atoms with van der Waals surface area (Å²) in [6, 6.07) is 13.9. The molecule has 0 spiro atoms. The van der Waals surface area contributed by atoms with Gasteiger partial charge in [0.1, 0.15) is 5.52 Å². The van der Waals surface area contributed by atoms with E-state index in [0.29, 0.717) is 5.88 Å². The summed E-state index contributed by atoms with van der Waals surface area (Å²) in [6.45, 7) is 2.76. The molecule has 1 aromatic carbocycles. The Morgan fingerprint density at radius 2 is 2.05 bits per heavy atom. The van der Waals surface area contributed by atoms with Crippen molar-refractivity contribution in [1.82, 2.24) is 15.3 Å². The van der Waals surface area contributed by atoms with Crippen molar-refractivity contribution in [2.75, 3.05) is 7.05 Å². The van der Waals surface area contributed by atoms with Gasteiger partial charge in [-0.1, -0.05) is 18.2 Å². The second-order valence-corrected chi connectivity index (χ2v) is 4.92. The van der Waals surface area contributed by atoms with E-state index in [-0.39, 0.29) is 0 Å². The van der Waals surface area contributed by atoms with Crippen molar-refractivity contribution < 1.29 is 4.74 Å². The van der Waals surface area contributed by atoms with Crippen LogP contribution in [0.1, 0.15) is 11.3 Å². The van der Waals surface area contributed by atoms with Gasteiger partial charge in [0.15, 0.2) is 5.75 Å². The molecule has 0 radical (unpaired) electrons. The first kappa shape index (κ1) is 13.5. The third-order valence-electron chi connectivity index (χ3n) is 3.22. The highest BCUT2D eigenvalue weighted by Gasteiger charge is 2.06. The van der Waals surface area contributed by atoms with Gasteiger partial charge in [-0.05, 0) is 37.7 Å². The lowest BCUT2D eigenvalue weighted by Crippen LogP contribution is -2.05. The Morgan fingerprint density at radius 3 is 2.90 bits per heavy atom. The molecule has 0 amide bonds. The van der Waals surface area contributed by atoms with E-state index in [9.17, 15) is 0 Å². The minimum absolute atomic E-state index is 0.582. The average molecular weight is 279 g/mol. The maximum absolute atomic E-state index is 5.93. The number of para-hydroxylation sites is 1. The summed E-state index contributed by atoms with van der Waals surface area (Å²) < 4.78 is 5.93. The van der Waals surface area contributed by atoms with Gasteiger partial charge in [-0.25, -0.2) is 9.97 Å². The molecule has 21 heavy (non-hydrogen) atoms. The predicted octanol–water partition coefficient (Wildman–Crippen LogP) is 3.45. The van der Waals surface area contributed by atoms with Crippen LogP contribution in [0.15, 0.2) is 48.7 Å². The van der Waals surface area contributed by atoms with Gasteiger partial charge in [-0.3, -0.25) is 0 Å². The van der Waals surface area contributed by atoms with E-state index in [0.717, 1.165) is 34.5 Å². The van der Waals surface area contributed by atoms with Crippen molar-refractivity contribution in [3.8, 4) is 11.6 Å². The molecule has 0 unspecified atom stereocenters. The van der Waals surface area contributed by atoms with Crippen LogP contribution >= 0.6 is 0 Å². The predicted molar refractivity (Wildman–Crippen MR) is 83.6 cm³/mol. The Labute approximate surface area is 123 Å². The highest BCUT2D eigenvalue weighted by Crippen LogP contribution is 2.28. The number of aryl methyl sites for hydroxylation is 1. The van der Waals surface area contributed by atoms with Crippen LogP contribution in [-0.4, -0.2) is 17.0 Å². The lowest BCUT2D eigenvalue weighted by molar-refractivity contribution is 0.466. The van der Waals surface area contributed by atoms with Crippen molar-refractivity contribution in [2.24, 2.45) is 0 Å².